The van der Waals surface area contributed by atoms with Crippen molar-refractivity contribution < 1.29 is 5.11 Å². The number of aromatic nitrogens is 2. The lowest BCUT2D eigenvalue weighted by Gasteiger charge is -2.07. The van der Waals surface area contributed by atoms with Gasteiger partial charge in [0.1, 0.15) is 4.83 Å². The topological polar surface area (TPSA) is 64.2 Å². The standard InChI is InChI=1S/C11H13BrN2O3S/c1-6-7-9(16)14(4-3-5-15)11(17)13(2)10(7)18-8(6)12/h15H,3-5H2,1-2H3. The monoisotopic (exact) mass is 332 g/mol. The predicted molar refractivity (Wildman–Crippen MR) is 75.5 cm³/mol. The minimum atomic E-state index is -0.338. The first-order valence-corrected chi connectivity index (χ1v) is 7.09. The Morgan fingerprint density at radius 1 is 1.39 bits per heavy atom. The number of nitrogens with zero attached hydrogens (tertiary/aromatic N) is 2. The lowest BCUT2D eigenvalue weighted by Crippen LogP contribution is -2.39. The van der Waals surface area contributed by atoms with Gasteiger partial charge in [-0.2, -0.15) is 0 Å². The smallest absolute Gasteiger partial charge is 0.331 e. The number of rotatable bonds is 3. The van der Waals surface area contributed by atoms with Gasteiger partial charge in [-0.05, 0) is 34.8 Å². The highest BCUT2D eigenvalue weighted by molar-refractivity contribution is 9.11. The van der Waals surface area contributed by atoms with Crippen LogP contribution in [0.15, 0.2) is 13.4 Å². The number of thiophene rings is 1. The van der Waals surface area contributed by atoms with E-state index in [1.807, 2.05) is 6.92 Å². The molecule has 0 amide bonds. The van der Waals surface area contributed by atoms with Crippen LogP contribution >= 0.6 is 27.3 Å². The maximum atomic E-state index is 12.3. The quantitative estimate of drug-likeness (QED) is 0.918. The highest BCUT2D eigenvalue weighted by atomic mass is 79.9. The van der Waals surface area contributed by atoms with E-state index in [0.29, 0.717) is 16.6 Å². The van der Waals surface area contributed by atoms with E-state index < -0.39 is 0 Å². The van der Waals surface area contributed by atoms with Gasteiger partial charge in [-0.3, -0.25) is 13.9 Å². The van der Waals surface area contributed by atoms with Crippen molar-refractivity contribution in [2.24, 2.45) is 7.05 Å². The Kier molecular flexibility index (Phi) is 3.74. The lowest BCUT2D eigenvalue weighted by molar-refractivity contribution is 0.277. The highest BCUT2D eigenvalue weighted by Gasteiger charge is 2.16. The SMILES string of the molecule is Cc1c(Br)sc2c1c(=O)n(CCCO)c(=O)n2C. The molecule has 2 aromatic heterocycles. The molecule has 2 aromatic rings. The van der Waals surface area contributed by atoms with Crippen LogP contribution in [0.3, 0.4) is 0 Å². The summed E-state index contributed by atoms with van der Waals surface area (Å²) < 4.78 is 3.53. The van der Waals surface area contributed by atoms with Crippen LogP contribution in [0.25, 0.3) is 10.2 Å². The van der Waals surface area contributed by atoms with Gasteiger partial charge in [0.15, 0.2) is 0 Å². The molecule has 2 heterocycles. The lowest BCUT2D eigenvalue weighted by atomic mass is 10.2. The molecule has 0 aliphatic carbocycles. The molecular formula is C11H13BrN2O3S. The van der Waals surface area contributed by atoms with E-state index >= 15 is 0 Å². The Hall–Kier alpha value is -0.920. The second-order valence-corrected chi connectivity index (χ2v) is 6.37. The van der Waals surface area contributed by atoms with Crippen molar-refractivity contribution >= 4 is 37.5 Å². The first-order valence-electron chi connectivity index (χ1n) is 5.48. The molecule has 2 rings (SSSR count). The molecule has 18 heavy (non-hydrogen) atoms. The summed E-state index contributed by atoms with van der Waals surface area (Å²) in [6, 6.07) is 0. The maximum absolute atomic E-state index is 12.3. The average molecular weight is 333 g/mol. The third-order valence-electron chi connectivity index (χ3n) is 2.89. The summed E-state index contributed by atoms with van der Waals surface area (Å²) in [5.41, 5.74) is 0.240. The summed E-state index contributed by atoms with van der Waals surface area (Å²) in [6.07, 6.45) is 0.394. The molecule has 0 fully saturated rings. The fourth-order valence-electron chi connectivity index (χ4n) is 1.87. The summed E-state index contributed by atoms with van der Waals surface area (Å²) in [4.78, 5) is 25.0. The minimum absolute atomic E-state index is 0.0417. The predicted octanol–water partition coefficient (Wildman–Crippen LogP) is 1.22. The Morgan fingerprint density at radius 2 is 2.06 bits per heavy atom. The van der Waals surface area contributed by atoms with Gasteiger partial charge in [0.2, 0.25) is 0 Å². The summed E-state index contributed by atoms with van der Waals surface area (Å²) in [5.74, 6) is 0. The molecule has 0 saturated heterocycles. The fraction of sp³-hybridized carbons (Fsp3) is 0.455. The number of aliphatic hydroxyl groups is 1. The molecule has 0 unspecified atom stereocenters. The van der Waals surface area contributed by atoms with E-state index in [2.05, 4.69) is 15.9 Å². The molecule has 0 aromatic carbocycles. The molecule has 5 nitrogen and oxygen atoms in total. The van der Waals surface area contributed by atoms with Crippen molar-refractivity contribution in [3.8, 4) is 0 Å². The molecule has 0 aliphatic rings. The Labute approximate surface area is 115 Å². The van der Waals surface area contributed by atoms with Gasteiger partial charge in [0, 0.05) is 20.2 Å². The average Bonchev–Trinajstić information content (AvgIpc) is 2.64. The molecule has 0 atom stereocenters. The van der Waals surface area contributed by atoms with Crippen molar-refractivity contribution in [2.75, 3.05) is 6.61 Å². The van der Waals surface area contributed by atoms with E-state index in [1.165, 1.54) is 20.5 Å². The van der Waals surface area contributed by atoms with E-state index in [9.17, 15) is 9.59 Å². The van der Waals surface area contributed by atoms with E-state index in [0.717, 1.165) is 9.35 Å². The first kappa shape index (κ1) is 13.5. The number of hydrogen-bond donors (Lipinski definition) is 1. The van der Waals surface area contributed by atoms with E-state index in [4.69, 9.17) is 5.11 Å². The molecule has 98 valence electrons. The van der Waals surface area contributed by atoms with Gasteiger partial charge >= 0.3 is 5.69 Å². The van der Waals surface area contributed by atoms with Crippen molar-refractivity contribution in [1.29, 1.82) is 0 Å². The zero-order valence-electron chi connectivity index (χ0n) is 10.1. The largest absolute Gasteiger partial charge is 0.396 e. The normalized spacial score (nSPS) is 11.3. The minimum Gasteiger partial charge on any atom is -0.396 e. The van der Waals surface area contributed by atoms with Crippen LogP contribution in [0.4, 0.5) is 0 Å². The highest BCUT2D eigenvalue weighted by Crippen LogP contribution is 2.31. The van der Waals surface area contributed by atoms with Crippen LogP contribution in [0.2, 0.25) is 0 Å². The zero-order chi connectivity index (χ0) is 13.4. The van der Waals surface area contributed by atoms with Crippen molar-refractivity contribution in [1.82, 2.24) is 9.13 Å². The van der Waals surface area contributed by atoms with Gasteiger partial charge in [-0.25, -0.2) is 4.79 Å². The summed E-state index contributed by atoms with van der Waals surface area (Å²) in [7, 11) is 1.65. The Balaban J connectivity index is 2.85. The molecule has 0 saturated carbocycles. The second kappa shape index (κ2) is 4.99. The molecule has 7 heteroatoms. The number of aryl methyl sites for hydroxylation is 2. The first-order chi connectivity index (χ1) is 8.49. The van der Waals surface area contributed by atoms with Crippen LogP contribution in [-0.2, 0) is 13.6 Å². The number of hydrogen-bond acceptors (Lipinski definition) is 4. The van der Waals surface area contributed by atoms with E-state index in [-0.39, 0.29) is 24.4 Å². The van der Waals surface area contributed by atoms with Crippen LogP contribution in [0.5, 0.6) is 0 Å². The van der Waals surface area contributed by atoms with Crippen molar-refractivity contribution in [2.45, 2.75) is 19.9 Å². The van der Waals surface area contributed by atoms with Gasteiger partial charge in [-0.15, -0.1) is 11.3 Å². The molecule has 1 N–H and O–H groups in total. The number of halogens is 1. The van der Waals surface area contributed by atoms with Crippen LogP contribution in [-0.4, -0.2) is 20.8 Å². The molecule has 0 spiro atoms. The van der Waals surface area contributed by atoms with Crippen LogP contribution in [0.1, 0.15) is 12.0 Å². The second-order valence-electron chi connectivity index (χ2n) is 4.06. The summed E-state index contributed by atoms with van der Waals surface area (Å²) in [5, 5.41) is 9.40. The van der Waals surface area contributed by atoms with E-state index in [1.54, 1.807) is 7.05 Å². The number of aliphatic hydroxyl groups excluding tert-OH is 1. The van der Waals surface area contributed by atoms with Crippen LogP contribution < -0.4 is 11.2 Å². The number of fused-ring (bicyclic) bond motifs is 1. The zero-order valence-corrected chi connectivity index (χ0v) is 12.5. The van der Waals surface area contributed by atoms with Crippen molar-refractivity contribution in [3.05, 3.63) is 30.2 Å². The summed E-state index contributed by atoms with van der Waals surface area (Å²) >= 11 is 4.78. The fourth-order valence-corrected chi connectivity index (χ4v) is 3.52. The maximum Gasteiger partial charge on any atom is 0.331 e. The third kappa shape index (κ3) is 1.96. The van der Waals surface area contributed by atoms with Crippen molar-refractivity contribution in [3.63, 3.8) is 0 Å². The van der Waals surface area contributed by atoms with Gasteiger partial charge < -0.3 is 5.11 Å². The molecule has 0 radical (unpaired) electrons. The Morgan fingerprint density at radius 3 is 2.67 bits per heavy atom. The Bertz CT molecular complexity index is 714. The third-order valence-corrected chi connectivity index (χ3v) is 5.13. The molecule has 0 aliphatic heterocycles. The molecule has 0 bridgehead atoms. The van der Waals surface area contributed by atoms with Gasteiger partial charge in [-0.1, -0.05) is 0 Å². The van der Waals surface area contributed by atoms with Gasteiger partial charge in [0.25, 0.3) is 5.56 Å². The van der Waals surface area contributed by atoms with Crippen LogP contribution in [0, 0.1) is 6.92 Å². The molecular weight excluding hydrogens is 320 g/mol. The summed E-state index contributed by atoms with van der Waals surface area (Å²) in [6.45, 7) is 2.05. The van der Waals surface area contributed by atoms with Gasteiger partial charge in [0.05, 0.1) is 9.17 Å².